The molecule has 13 heavy (non-hydrogen) atoms. The Hall–Kier alpha value is -1.42. The van der Waals surface area contributed by atoms with E-state index in [9.17, 15) is 10.2 Å². The third-order valence-corrected chi connectivity index (χ3v) is 2.24. The highest BCUT2D eigenvalue weighted by molar-refractivity contribution is 5.61. The molecule has 1 aliphatic heterocycles. The first-order chi connectivity index (χ1) is 6.16. The van der Waals surface area contributed by atoms with Crippen LogP contribution >= 0.6 is 0 Å². The van der Waals surface area contributed by atoms with Crippen molar-refractivity contribution in [2.45, 2.75) is 12.5 Å². The largest absolute Gasteiger partial charge is 0.504 e. The van der Waals surface area contributed by atoms with E-state index in [0.29, 0.717) is 6.54 Å². The summed E-state index contributed by atoms with van der Waals surface area (Å²) in [5, 5.41) is 21.5. The number of fused-ring (bicyclic) bond motifs is 1. The zero-order chi connectivity index (χ0) is 9.42. The maximum Gasteiger partial charge on any atom is 0.159 e. The number of aromatic hydroxyl groups is 2. The van der Waals surface area contributed by atoms with Gasteiger partial charge in [0, 0.05) is 24.3 Å². The van der Waals surface area contributed by atoms with Crippen molar-refractivity contribution in [3.63, 3.8) is 0 Å². The molecule has 2 rings (SSSR count). The first-order valence-electron chi connectivity index (χ1n) is 4.21. The number of benzene rings is 1. The van der Waals surface area contributed by atoms with E-state index in [1.54, 1.807) is 6.07 Å². The lowest BCUT2D eigenvalue weighted by molar-refractivity contribution is 0.403. The van der Waals surface area contributed by atoms with Gasteiger partial charge in [-0.15, -0.1) is 0 Å². The van der Waals surface area contributed by atoms with E-state index >= 15 is 0 Å². The molecule has 0 fully saturated rings. The second kappa shape index (κ2) is 2.81. The van der Waals surface area contributed by atoms with Crippen LogP contribution in [0.2, 0.25) is 0 Å². The van der Waals surface area contributed by atoms with Crippen molar-refractivity contribution in [1.82, 2.24) is 0 Å². The third-order valence-electron chi connectivity index (χ3n) is 2.24. The maximum atomic E-state index is 9.24. The smallest absolute Gasteiger partial charge is 0.159 e. The van der Waals surface area contributed by atoms with Crippen LogP contribution in [0.15, 0.2) is 12.1 Å². The fourth-order valence-corrected chi connectivity index (χ4v) is 1.55. The third kappa shape index (κ3) is 1.40. The molecule has 0 radical (unpaired) electrons. The van der Waals surface area contributed by atoms with E-state index in [-0.39, 0.29) is 17.5 Å². The average molecular weight is 180 g/mol. The minimum atomic E-state index is -0.0956. The number of rotatable bonds is 0. The molecule has 4 heteroatoms. The van der Waals surface area contributed by atoms with Crippen molar-refractivity contribution in [1.29, 1.82) is 0 Å². The van der Waals surface area contributed by atoms with Crippen LogP contribution in [0.3, 0.4) is 0 Å². The lowest BCUT2D eigenvalue weighted by atomic mass is 10.00. The number of phenols is 2. The van der Waals surface area contributed by atoms with Crippen LogP contribution in [0.25, 0.3) is 0 Å². The van der Waals surface area contributed by atoms with Crippen molar-refractivity contribution in [2.75, 3.05) is 11.9 Å². The van der Waals surface area contributed by atoms with E-state index < -0.39 is 0 Å². The van der Waals surface area contributed by atoms with Gasteiger partial charge in [-0.3, -0.25) is 0 Å². The summed E-state index contributed by atoms with van der Waals surface area (Å²) in [5.74, 6) is -0.184. The SMILES string of the molecule is NC1CNc2cc(O)c(O)cc2C1. The quantitative estimate of drug-likeness (QED) is 0.344. The van der Waals surface area contributed by atoms with E-state index in [0.717, 1.165) is 17.7 Å². The highest BCUT2D eigenvalue weighted by Gasteiger charge is 2.16. The van der Waals surface area contributed by atoms with Gasteiger partial charge in [-0.1, -0.05) is 0 Å². The summed E-state index contributed by atoms with van der Waals surface area (Å²) in [7, 11) is 0. The predicted octanol–water partition coefficient (Wildman–Crippen LogP) is 0.393. The fourth-order valence-electron chi connectivity index (χ4n) is 1.55. The Morgan fingerprint density at radius 3 is 2.77 bits per heavy atom. The number of anilines is 1. The van der Waals surface area contributed by atoms with E-state index in [1.807, 2.05) is 0 Å². The van der Waals surface area contributed by atoms with Crippen molar-refractivity contribution < 1.29 is 10.2 Å². The molecule has 0 saturated carbocycles. The van der Waals surface area contributed by atoms with Gasteiger partial charge in [0.15, 0.2) is 11.5 Å². The first kappa shape index (κ1) is 8.19. The van der Waals surface area contributed by atoms with E-state index in [2.05, 4.69) is 5.32 Å². The topological polar surface area (TPSA) is 78.5 Å². The molecule has 0 aliphatic carbocycles. The van der Waals surface area contributed by atoms with Crippen LogP contribution in [0, 0.1) is 0 Å². The Morgan fingerprint density at radius 1 is 1.31 bits per heavy atom. The van der Waals surface area contributed by atoms with Gasteiger partial charge in [0.1, 0.15) is 0 Å². The molecule has 0 bridgehead atoms. The first-order valence-corrected chi connectivity index (χ1v) is 4.21. The highest BCUT2D eigenvalue weighted by atomic mass is 16.3. The summed E-state index contributed by atoms with van der Waals surface area (Å²) in [6, 6.07) is 3.16. The Bertz CT molecular complexity index is 339. The molecule has 1 unspecified atom stereocenters. The number of nitrogens with one attached hydrogen (secondary N) is 1. The lowest BCUT2D eigenvalue weighted by Crippen LogP contribution is -2.35. The molecule has 4 nitrogen and oxygen atoms in total. The Labute approximate surface area is 76.0 Å². The molecule has 1 atom stereocenters. The van der Waals surface area contributed by atoms with Crippen LogP contribution in [-0.2, 0) is 6.42 Å². The van der Waals surface area contributed by atoms with Crippen molar-refractivity contribution in [2.24, 2.45) is 5.73 Å². The van der Waals surface area contributed by atoms with Crippen LogP contribution in [0.4, 0.5) is 5.69 Å². The molecule has 1 heterocycles. The summed E-state index contributed by atoms with van der Waals surface area (Å²) < 4.78 is 0. The van der Waals surface area contributed by atoms with Crippen LogP contribution < -0.4 is 11.1 Å². The molecule has 0 saturated heterocycles. The molecular formula is C9H12N2O2. The molecule has 0 spiro atoms. The van der Waals surface area contributed by atoms with Gasteiger partial charge < -0.3 is 21.3 Å². The van der Waals surface area contributed by atoms with Gasteiger partial charge >= 0.3 is 0 Å². The second-order valence-corrected chi connectivity index (χ2v) is 3.34. The van der Waals surface area contributed by atoms with Gasteiger partial charge in [-0.05, 0) is 18.1 Å². The van der Waals surface area contributed by atoms with Crippen LogP contribution in [0.5, 0.6) is 11.5 Å². The Kier molecular flexibility index (Phi) is 1.77. The van der Waals surface area contributed by atoms with Crippen LogP contribution in [0.1, 0.15) is 5.56 Å². The summed E-state index contributed by atoms with van der Waals surface area (Å²) >= 11 is 0. The van der Waals surface area contributed by atoms with Gasteiger partial charge in [-0.2, -0.15) is 0 Å². The fraction of sp³-hybridized carbons (Fsp3) is 0.333. The molecule has 5 N–H and O–H groups in total. The molecule has 1 aromatic rings. The number of nitrogens with two attached hydrogens (primary N) is 1. The monoisotopic (exact) mass is 180 g/mol. The zero-order valence-corrected chi connectivity index (χ0v) is 7.12. The van der Waals surface area contributed by atoms with Crippen LogP contribution in [-0.4, -0.2) is 22.8 Å². The Balaban J connectivity index is 2.43. The second-order valence-electron chi connectivity index (χ2n) is 3.34. The van der Waals surface area contributed by atoms with E-state index in [4.69, 9.17) is 5.73 Å². The zero-order valence-electron chi connectivity index (χ0n) is 7.12. The summed E-state index contributed by atoms with van der Waals surface area (Å²) in [5.41, 5.74) is 7.54. The number of hydrogen-bond donors (Lipinski definition) is 4. The normalized spacial score (nSPS) is 20.5. The van der Waals surface area contributed by atoms with E-state index in [1.165, 1.54) is 6.07 Å². The molecule has 1 aromatic carbocycles. The minimum absolute atomic E-state index is 0.0800. The summed E-state index contributed by atoms with van der Waals surface area (Å²) in [6.45, 7) is 0.706. The molecule has 1 aliphatic rings. The summed E-state index contributed by atoms with van der Waals surface area (Å²) in [6.07, 6.45) is 0.732. The van der Waals surface area contributed by atoms with Gasteiger partial charge in [0.25, 0.3) is 0 Å². The molecule has 0 amide bonds. The minimum Gasteiger partial charge on any atom is -0.504 e. The Morgan fingerprint density at radius 2 is 2.00 bits per heavy atom. The van der Waals surface area contributed by atoms with Gasteiger partial charge in [-0.25, -0.2) is 0 Å². The standard InChI is InChI=1S/C9H12N2O2/c10-6-1-5-2-8(12)9(13)3-7(5)11-4-6/h2-3,6,11-13H,1,4,10H2. The van der Waals surface area contributed by atoms with Crippen molar-refractivity contribution in [3.05, 3.63) is 17.7 Å². The van der Waals surface area contributed by atoms with Gasteiger partial charge in [0.2, 0.25) is 0 Å². The number of hydrogen-bond acceptors (Lipinski definition) is 4. The average Bonchev–Trinajstić information content (AvgIpc) is 2.08. The number of phenolic OH excluding ortho intramolecular Hbond substituents is 2. The highest BCUT2D eigenvalue weighted by Crippen LogP contribution is 2.33. The van der Waals surface area contributed by atoms with Gasteiger partial charge in [0.05, 0.1) is 0 Å². The molecule has 0 aromatic heterocycles. The van der Waals surface area contributed by atoms with Crippen molar-refractivity contribution in [3.8, 4) is 11.5 Å². The lowest BCUT2D eigenvalue weighted by Gasteiger charge is -2.23. The maximum absolute atomic E-state index is 9.24. The predicted molar refractivity (Wildman–Crippen MR) is 49.9 cm³/mol. The van der Waals surface area contributed by atoms with Crippen molar-refractivity contribution >= 4 is 5.69 Å². The molecule has 70 valence electrons. The summed E-state index contributed by atoms with van der Waals surface area (Å²) in [4.78, 5) is 0. The molecular weight excluding hydrogens is 168 g/mol.